The Kier molecular flexibility index (Phi) is 5.48. The van der Waals surface area contributed by atoms with Crippen molar-refractivity contribution >= 4 is 0 Å². The van der Waals surface area contributed by atoms with Crippen LogP contribution < -0.4 is 9.47 Å². The average Bonchev–Trinajstić information content (AvgIpc) is 2.55. The summed E-state index contributed by atoms with van der Waals surface area (Å²) in [5.74, 6) is 1.54. The number of hydrogen-bond donors (Lipinski definition) is 0. The Balaban J connectivity index is 0.000000147. The van der Waals surface area contributed by atoms with Crippen molar-refractivity contribution in [2.45, 2.75) is 25.7 Å². The topological polar surface area (TPSA) is 18.5 Å². The first-order valence-electron chi connectivity index (χ1n) is 7.09. The van der Waals surface area contributed by atoms with E-state index in [1.54, 1.807) is 25.3 Å². The van der Waals surface area contributed by atoms with Gasteiger partial charge in [0.05, 0.1) is 14.2 Å². The molecular weight excluding hydrogens is 248 g/mol. The van der Waals surface area contributed by atoms with Gasteiger partial charge in [0.15, 0.2) is 11.5 Å². The van der Waals surface area contributed by atoms with Crippen molar-refractivity contribution in [2.24, 2.45) is 0 Å². The van der Waals surface area contributed by atoms with Crippen LogP contribution in [0.5, 0.6) is 11.5 Å². The largest absolute Gasteiger partial charge is 0.493 e. The van der Waals surface area contributed by atoms with E-state index in [9.17, 15) is 0 Å². The second-order valence-electron chi connectivity index (χ2n) is 4.83. The highest BCUT2D eigenvalue weighted by molar-refractivity contribution is 5.39. The Morgan fingerprint density at radius 2 is 1.05 bits per heavy atom. The highest BCUT2D eigenvalue weighted by Crippen LogP contribution is 2.24. The zero-order valence-corrected chi connectivity index (χ0v) is 12.3. The molecule has 0 saturated heterocycles. The van der Waals surface area contributed by atoms with Gasteiger partial charge in [-0.25, -0.2) is 0 Å². The van der Waals surface area contributed by atoms with Crippen LogP contribution in [0.25, 0.3) is 0 Å². The third-order valence-electron chi connectivity index (χ3n) is 3.55. The maximum atomic E-state index is 5.01. The summed E-state index contributed by atoms with van der Waals surface area (Å²) in [6.45, 7) is 0. The smallest absolute Gasteiger partial charge is 0.160 e. The summed E-state index contributed by atoms with van der Waals surface area (Å²) in [7, 11) is 3.25. The number of methoxy groups -OCH3 is 2. The Bertz CT molecular complexity index is 455. The minimum Gasteiger partial charge on any atom is -0.493 e. The van der Waals surface area contributed by atoms with Crippen molar-refractivity contribution in [2.75, 3.05) is 14.2 Å². The lowest BCUT2D eigenvalue weighted by molar-refractivity contribution is 0.355. The van der Waals surface area contributed by atoms with E-state index in [2.05, 4.69) is 24.3 Å². The molecule has 0 saturated carbocycles. The Morgan fingerprint density at radius 3 is 1.45 bits per heavy atom. The number of para-hydroxylation sites is 2. The molecule has 0 amide bonds. The monoisotopic (exact) mass is 270 g/mol. The number of rotatable bonds is 2. The summed E-state index contributed by atoms with van der Waals surface area (Å²) in [4.78, 5) is 0. The van der Waals surface area contributed by atoms with E-state index in [1.165, 1.54) is 25.7 Å². The lowest BCUT2D eigenvalue weighted by Crippen LogP contribution is -2.00. The van der Waals surface area contributed by atoms with Crippen LogP contribution in [0.15, 0.2) is 48.5 Å². The zero-order valence-electron chi connectivity index (χ0n) is 12.3. The van der Waals surface area contributed by atoms with Crippen molar-refractivity contribution in [1.82, 2.24) is 0 Å². The zero-order chi connectivity index (χ0) is 14.2. The lowest BCUT2D eigenvalue weighted by Gasteiger charge is -2.13. The van der Waals surface area contributed by atoms with Crippen LogP contribution in [0, 0.1) is 0 Å². The summed E-state index contributed by atoms with van der Waals surface area (Å²) in [5.41, 5.74) is 3.16. The van der Waals surface area contributed by atoms with Crippen molar-refractivity contribution in [3.8, 4) is 11.5 Å². The molecule has 2 nitrogen and oxygen atoms in total. The molecule has 0 unspecified atom stereocenters. The summed E-state index contributed by atoms with van der Waals surface area (Å²) in [5, 5.41) is 0. The molecule has 3 rings (SSSR count). The van der Waals surface area contributed by atoms with Gasteiger partial charge in [0.1, 0.15) is 0 Å². The minimum absolute atomic E-state index is 0.769. The molecule has 1 aliphatic rings. The van der Waals surface area contributed by atoms with E-state index >= 15 is 0 Å². The van der Waals surface area contributed by atoms with E-state index < -0.39 is 0 Å². The second kappa shape index (κ2) is 7.59. The van der Waals surface area contributed by atoms with Crippen LogP contribution in [0.4, 0.5) is 0 Å². The first-order valence-corrected chi connectivity index (χ1v) is 7.09. The minimum atomic E-state index is 0.769. The lowest BCUT2D eigenvalue weighted by atomic mass is 9.92. The number of ether oxygens (including phenoxy) is 2. The van der Waals surface area contributed by atoms with Crippen LogP contribution in [-0.2, 0) is 12.8 Å². The van der Waals surface area contributed by atoms with Gasteiger partial charge in [0.25, 0.3) is 0 Å². The summed E-state index contributed by atoms with van der Waals surface area (Å²) >= 11 is 0. The van der Waals surface area contributed by atoms with E-state index in [0.717, 1.165) is 11.5 Å². The SMILES string of the molecule is COc1ccccc1OC.c1ccc2c(c1)CCCC2. The molecule has 0 atom stereocenters. The normalized spacial score (nSPS) is 12.7. The van der Waals surface area contributed by atoms with Crippen LogP contribution >= 0.6 is 0 Å². The number of benzene rings is 2. The standard InChI is InChI=1S/C10H12.C8H10O2/c1-2-6-10-8-4-3-7-9(10)5-1;1-9-7-5-3-4-6-8(7)10-2/h1-2,5-6H,3-4,7-8H2;3-6H,1-2H3. The molecule has 2 aromatic carbocycles. The van der Waals surface area contributed by atoms with Crippen molar-refractivity contribution in [3.05, 3.63) is 59.7 Å². The molecule has 2 heteroatoms. The number of hydrogen-bond acceptors (Lipinski definition) is 2. The highest BCUT2D eigenvalue weighted by Gasteiger charge is 2.06. The Morgan fingerprint density at radius 1 is 0.650 bits per heavy atom. The van der Waals surface area contributed by atoms with Crippen LogP contribution in [0.3, 0.4) is 0 Å². The molecule has 0 N–H and O–H groups in total. The molecule has 0 heterocycles. The van der Waals surface area contributed by atoms with Gasteiger partial charge >= 0.3 is 0 Å². The quantitative estimate of drug-likeness (QED) is 0.811. The second-order valence-corrected chi connectivity index (χ2v) is 4.83. The van der Waals surface area contributed by atoms with E-state index in [-0.39, 0.29) is 0 Å². The van der Waals surface area contributed by atoms with E-state index in [0.29, 0.717) is 0 Å². The Hall–Kier alpha value is -1.96. The van der Waals surface area contributed by atoms with Crippen molar-refractivity contribution < 1.29 is 9.47 Å². The Labute approximate surface area is 121 Å². The number of fused-ring (bicyclic) bond motifs is 1. The maximum absolute atomic E-state index is 5.01. The maximum Gasteiger partial charge on any atom is 0.160 e. The fourth-order valence-corrected chi connectivity index (χ4v) is 2.46. The van der Waals surface area contributed by atoms with E-state index in [1.807, 2.05) is 24.3 Å². The molecule has 20 heavy (non-hydrogen) atoms. The fourth-order valence-electron chi connectivity index (χ4n) is 2.46. The summed E-state index contributed by atoms with van der Waals surface area (Å²) in [6.07, 6.45) is 5.38. The van der Waals surface area contributed by atoms with E-state index in [4.69, 9.17) is 9.47 Å². The van der Waals surface area contributed by atoms with Gasteiger partial charge in [0.2, 0.25) is 0 Å². The highest BCUT2D eigenvalue weighted by atomic mass is 16.5. The van der Waals surface area contributed by atoms with Gasteiger partial charge in [-0.05, 0) is 48.9 Å². The molecule has 106 valence electrons. The first-order chi connectivity index (χ1) is 9.85. The fraction of sp³-hybridized carbons (Fsp3) is 0.333. The molecule has 2 aromatic rings. The number of aryl methyl sites for hydroxylation is 2. The van der Waals surface area contributed by atoms with Gasteiger partial charge < -0.3 is 9.47 Å². The first kappa shape index (κ1) is 14.4. The van der Waals surface area contributed by atoms with Gasteiger partial charge in [-0.1, -0.05) is 36.4 Å². The average molecular weight is 270 g/mol. The predicted octanol–water partition coefficient (Wildman–Crippen LogP) is 4.27. The van der Waals surface area contributed by atoms with Gasteiger partial charge in [0, 0.05) is 0 Å². The third kappa shape index (κ3) is 3.77. The molecule has 0 fully saturated rings. The molecular formula is C18H22O2. The molecule has 0 aromatic heterocycles. The third-order valence-corrected chi connectivity index (χ3v) is 3.55. The van der Waals surface area contributed by atoms with Gasteiger partial charge in [-0.3, -0.25) is 0 Å². The van der Waals surface area contributed by atoms with Gasteiger partial charge in [-0.2, -0.15) is 0 Å². The molecule has 0 radical (unpaired) electrons. The van der Waals surface area contributed by atoms with Crippen molar-refractivity contribution in [3.63, 3.8) is 0 Å². The summed E-state index contributed by atoms with van der Waals surface area (Å²) < 4.78 is 10.0. The van der Waals surface area contributed by atoms with Crippen LogP contribution in [0.1, 0.15) is 24.0 Å². The molecule has 0 aliphatic heterocycles. The molecule has 0 spiro atoms. The molecule has 1 aliphatic carbocycles. The molecule has 0 bridgehead atoms. The van der Waals surface area contributed by atoms with Crippen molar-refractivity contribution in [1.29, 1.82) is 0 Å². The van der Waals surface area contributed by atoms with Crippen LogP contribution in [0.2, 0.25) is 0 Å². The van der Waals surface area contributed by atoms with Gasteiger partial charge in [-0.15, -0.1) is 0 Å². The predicted molar refractivity (Wildman–Crippen MR) is 82.6 cm³/mol. The summed E-state index contributed by atoms with van der Waals surface area (Å²) in [6, 6.07) is 16.3. The van der Waals surface area contributed by atoms with Crippen LogP contribution in [-0.4, -0.2) is 14.2 Å².